The first-order valence-electron chi connectivity index (χ1n) is 8.75. The molecule has 0 aliphatic rings. The molecule has 0 fully saturated rings. The van der Waals surface area contributed by atoms with Gasteiger partial charge in [-0.05, 0) is 58.1 Å². The molecule has 0 aliphatic heterocycles. The van der Waals surface area contributed by atoms with Gasteiger partial charge in [-0.2, -0.15) is 0 Å². The number of fused-ring (bicyclic) bond motifs is 1. The van der Waals surface area contributed by atoms with Crippen LogP contribution >= 0.6 is 0 Å². The minimum Gasteiger partial charge on any atom is -0.334 e. The summed E-state index contributed by atoms with van der Waals surface area (Å²) >= 11 is 0. The highest BCUT2D eigenvalue weighted by Crippen LogP contribution is 2.28. The molecule has 0 saturated carbocycles. The van der Waals surface area contributed by atoms with Crippen LogP contribution < -0.4 is 0 Å². The largest absolute Gasteiger partial charge is 0.334 e. The van der Waals surface area contributed by atoms with Crippen LogP contribution in [0.1, 0.15) is 54.0 Å². The van der Waals surface area contributed by atoms with E-state index < -0.39 is 0 Å². The fourth-order valence-corrected chi connectivity index (χ4v) is 3.47. The van der Waals surface area contributed by atoms with Crippen molar-refractivity contribution in [2.24, 2.45) is 0 Å². The number of carbonyl (C=O) groups excluding carboxylic acids is 2. The van der Waals surface area contributed by atoms with Crippen LogP contribution in [0.4, 0.5) is 0 Å². The Hall–Kier alpha value is -2.20. The van der Waals surface area contributed by atoms with Crippen LogP contribution in [0.2, 0.25) is 0 Å². The van der Waals surface area contributed by atoms with Crippen LogP contribution in [0.25, 0.3) is 10.8 Å². The fourth-order valence-electron chi connectivity index (χ4n) is 3.47. The number of nitrogens with zero attached hydrogens (tertiary/aromatic N) is 2. The molecule has 25 heavy (non-hydrogen) atoms. The summed E-state index contributed by atoms with van der Waals surface area (Å²) in [7, 11) is 4.00. The molecular weight excluding hydrogens is 312 g/mol. The molecule has 0 aliphatic carbocycles. The molecule has 4 heteroatoms. The standard InChI is InChI=1S/C21H28N2O2/c1-14(2)23(15(3)4)21(25)20-18(13-24)11-10-16-8-7-9-17(19(16)20)12-22(5)6/h7-11,13-15H,12H2,1-6H3. The third-order valence-corrected chi connectivity index (χ3v) is 4.34. The van der Waals surface area contributed by atoms with Crippen LogP contribution in [0.3, 0.4) is 0 Å². The predicted molar refractivity (Wildman–Crippen MR) is 103 cm³/mol. The van der Waals surface area contributed by atoms with Gasteiger partial charge < -0.3 is 9.80 Å². The van der Waals surface area contributed by atoms with Gasteiger partial charge in [0.1, 0.15) is 0 Å². The number of carbonyl (C=O) groups is 2. The first kappa shape index (κ1) is 19.1. The van der Waals surface area contributed by atoms with Crippen molar-refractivity contribution in [1.82, 2.24) is 9.80 Å². The molecule has 2 aromatic rings. The topological polar surface area (TPSA) is 40.6 Å². The lowest BCUT2D eigenvalue weighted by molar-refractivity contribution is 0.0643. The number of aldehydes is 1. The van der Waals surface area contributed by atoms with E-state index in [9.17, 15) is 9.59 Å². The van der Waals surface area contributed by atoms with Gasteiger partial charge in [0.25, 0.3) is 5.91 Å². The molecule has 0 bridgehead atoms. The second-order valence-electron chi connectivity index (χ2n) is 7.30. The molecule has 4 nitrogen and oxygen atoms in total. The van der Waals surface area contributed by atoms with E-state index in [-0.39, 0.29) is 18.0 Å². The van der Waals surface area contributed by atoms with Gasteiger partial charge in [-0.15, -0.1) is 0 Å². The lowest BCUT2D eigenvalue weighted by Gasteiger charge is -2.32. The average Bonchev–Trinajstić information content (AvgIpc) is 2.52. The summed E-state index contributed by atoms with van der Waals surface area (Å²) in [6.45, 7) is 8.73. The maximum absolute atomic E-state index is 13.4. The summed E-state index contributed by atoms with van der Waals surface area (Å²) in [6, 6.07) is 9.81. The van der Waals surface area contributed by atoms with Crippen LogP contribution in [-0.4, -0.2) is 48.2 Å². The first-order valence-corrected chi connectivity index (χ1v) is 8.75. The Morgan fingerprint density at radius 1 is 1.04 bits per heavy atom. The molecule has 0 radical (unpaired) electrons. The van der Waals surface area contributed by atoms with E-state index in [1.807, 2.05) is 71.0 Å². The van der Waals surface area contributed by atoms with Gasteiger partial charge in [-0.3, -0.25) is 9.59 Å². The Labute approximate surface area is 150 Å². The number of rotatable bonds is 6. The normalized spacial score (nSPS) is 11.6. The van der Waals surface area contributed by atoms with Gasteiger partial charge in [0.2, 0.25) is 0 Å². The van der Waals surface area contributed by atoms with Gasteiger partial charge in [0, 0.05) is 24.2 Å². The zero-order valence-electron chi connectivity index (χ0n) is 16.0. The van der Waals surface area contributed by atoms with Crippen molar-refractivity contribution in [3.05, 3.63) is 47.0 Å². The Bertz CT molecular complexity index is 771. The summed E-state index contributed by atoms with van der Waals surface area (Å²) in [5.41, 5.74) is 2.03. The molecule has 0 N–H and O–H groups in total. The number of benzene rings is 2. The Balaban J connectivity index is 2.79. The van der Waals surface area contributed by atoms with Gasteiger partial charge in [0.15, 0.2) is 6.29 Å². The molecule has 134 valence electrons. The zero-order valence-corrected chi connectivity index (χ0v) is 16.0. The Morgan fingerprint density at radius 2 is 1.68 bits per heavy atom. The van der Waals surface area contributed by atoms with E-state index in [0.717, 1.165) is 22.6 Å². The van der Waals surface area contributed by atoms with Crippen LogP contribution in [0.5, 0.6) is 0 Å². The van der Waals surface area contributed by atoms with E-state index in [4.69, 9.17) is 0 Å². The molecule has 1 amide bonds. The Morgan fingerprint density at radius 3 is 2.20 bits per heavy atom. The van der Waals surface area contributed by atoms with Gasteiger partial charge >= 0.3 is 0 Å². The van der Waals surface area contributed by atoms with Gasteiger partial charge in [-0.25, -0.2) is 0 Å². The van der Waals surface area contributed by atoms with Crippen molar-refractivity contribution in [2.75, 3.05) is 14.1 Å². The molecule has 0 spiro atoms. The summed E-state index contributed by atoms with van der Waals surface area (Å²) in [5.74, 6) is -0.0797. The molecule has 0 heterocycles. The van der Waals surface area contributed by atoms with Crippen molar-refractivity contribution in [2.45, 2.75) is 46.3 Å². The highest BCUT2D eigenvalue weighted by molar-refractivity contribution is 6.13. The summed E-state index contributed by atoms with van der Waals surface area (Å²) in [5, 5.41) is 1.87. The van der Waals surface area contributed by atoms with Crippen molar-refractivity contribution in [3.8, 4) is 0 Å². The fraction of sp³-hybridized carbons (Fsp3) is 0.429. The highest BCUT2D eigenvalue weighted by Gasteiger charge is 2.26. The van der Waals surface area contributed by atoms with Gasteiger partial charge in [-0.1, -0.05) is 30.3 Å². The molecule has 2 rings (SSSR count). The van der Waals surface area contributed by atoms with Crippen LogP contribution in [0.15, 0.2) is 30.3 Å². The molecule has 0 unspecified atom stereocenters. The molecular formula is C21H28N2O2. The van der Waals surface area contributed by atoms with E-state index >= 15 is 0 Å². The van der Waals surface area contributed by atoms with Crippen molar-refractivity contribution in [3.63, 3.8) is 0 Å². The van der Waals surface area contributed by atoms with Crippen molar-refractivity contribution >= 4 is 23.0 Å². The summed E-state index contributed by atoms with van der Waals surface area (Å²) < 4.78 is 0. The maximum atomic E-state index is 13.4. The SMILES string of the molecule is CC(C)N(C(=O)c1c(C=O)ccc2cccc(CN(C)C)c12)C(C)C. The van der Waals surface area contributed by atoms with Crippen molar-refractivity contribution < 1.29 is 9.59 Å². The smallest absolute Gasteiger partial charge is 0.255 e. The van der Waals surface area contributed by atoms with E-state index in [0.29, 0.717) is 17.7 Å². The second-order valence-corrected chi connectivity index (χ2v) is 7.30. The third kappa shape index (κ3) is 3.90. The average molecular weight is 340 g/mol. The summed E-state index contributed by atoms with van der Waals surface area (Å²) in [4.78, 5) is 29.0. The molecule has 2 aromatic carbocycles. The lowest BCUT2D eigenvalue weighted by atomic mass is 9.93. The van der Waals surface area contributed by atoms with Crippen LogP contribution in [0, 0.1) is 0 Å². The lowest BCUT2D eigenvalue weighted by Crippen LogP contribution is -2.42. The minimum atomic E-state index is -0.0797. The maximum Gasteiger partial charge on any atom is 0.255 e. The monoisotopic (exact) mass is 340 g/mol. The predicted octanol–water partition coefficient (Wildman–Crippen LogP) is 3.97. The number of amides is 1. The third-order valence-electron chi connectivity index (χ3n) is 4.34. The number of hydrogen-bond acceptors (Lipinski definition) is 3. The van der Waals surface area contributed by atoms with Crippen LogP contribution in [-0.2, 0) is 6.54 Å². The van der Waals surface area contributed by atoms with Crippen molar-refractivity contribution in [1.29, 1.82) is 0 Å². The minimum absolute atomic E-state index is 0.0586. The second kappa shape index (κ2) is 7.79. The number of hydrogen-bond donors (Lipinski definition) is 0. The Kier molecular flexibility index (Phi) is 5.96. The zero-order chi connectivity index (χ0) is 18.7. The summed E-state index contributed by atoms with van der Waals surface area (Å²) in [6.07, 6.45) is 0.790. The van der Waals surface area contributed by atoms with E-state index in [1.54, 1.807) is 6.07 Å². The molecule has 0 saturated heterocycles. The van der Waals surface area contributed by atoms with Gasteiger partial charge in [0.05, 0.1) is 5.56 Å². The molecule has 0 aromatic heterocycles. The molecule has 0 atom stereocenters. The quantitative estimate of drug-likeness (QED) is 0.747. The van der Waals surface area contributed by atoms with E-state index in [2.05, 4.69) is 4.90 Å². The highest BCUT2D eigenvalue weighted by atomic mass is 16.2. The van der Waals surface area contributed by atoms with E-state index in [1.165, 1.54) is 0 Å². The first-order chi connectivity index (χ1) is 11.8.